The van der Waals surface area contributed by atoms with Crippen molar-refractivity contribution >= 4 is 43.7 Å². The first-order valence-electron chi connectivity index (χ1n) is 18.8. The van der Waals surface area contributed by atoms with Gasteiger partial charge in [0, 0.05) is 43.9 Å². The summed E-state index contributed by atoms with van der Waals surface area (Å²) in [5.74, 6) is 1.81. The molecule has 0 spiro atoms. The topological polar surface area (TPSA) is 56.7 Å². The van der Waals surface area contributed by atoms with Crippen LogP contribution in [0.15, 0.2) is 199 Å². The van der Waals surface area contributed by atoms with Crippen molar-refractivity contribution < 1.29 is 4.42 Å². The van der Waals surface area contributed by atoms with E-state index in [1.807, 2.05) is 54.6 Å². The smallest absolute Gasteiger partial charge is 0.164 e. The number of furan rings is 1. The third-order valence-corrected chi connectivity index (χ3v) is 10.6. The number of rotatable bonds is 6. The average Bonchev–Trinajstić information content (AvgIpc) is 3.80. The monoisotopic (exact) mass is 716 g/mol. The van der Waals surface area contributed by atoms with Crippen LogP contribution in [0.4, 0.5) is 0 Å². The number of fused-ring (bicyclic) bond motifs is 6. The molecule has 11 aromatic rings. The lowest BCUT2D eigenvalue weighted by Gasteiger charge is -2.12. The molecule has 8 aromatic carbocycles. The predicted molar refractivity (Wildman–Crippen MR) is 229 cm³/mol. The van der Waals surface area contributed by atoms with E-state index in [1.54, 1.807) is 0 Å². The van der Waals surface area contributed by atoms with Gasteiger partial charge in [0.2, 0.25) is 0 Å². The first kappa shape index (κ1) is 31.9. The quantitative estimate of drug-likeness (QED) is 0.172. The van der Waals surface area contributed by atoms with Crippen LogP contribution in [0.1, 0.15) is 0 Å². The molecule has 0 aliphatic heterocycles. The number of hydrogen-bond acceptors (Lipinski definition) is 4. The van der Waals surface area contributed by atoms with Crippen molar-refractivity contribution in [3.63, 3.8) is 0 Å². The van der Waals surface area contributed by atoms with Crippen molar-refractivity contribution in [1.82, 2.24) is 19.5 Å². The Bertz CT molecular complexity index is 3170. The number of para-hydroxylation sites is 2. The van der Waals surface area contributed by atoms with Crippen LogP contribution in [-0.2, 0) is 0 Å². The fraction of sp³-hybridized carbons (Fsp3) is 0. The number of benzene rings is 8. The van der Waals surface area contributed by atoms with Gasteiger partial charge in [0.1, 0.15) is 11.2 Å². The molecular weight excluding hydrogens is 685 g/mol. The van der Waals surface area contributed by atoms with E-state index < -0.39 is 0 Å². The van der Waals surface area contributed by atoms with Crippen LogP contribution in [0.2, 0.25) is 0 Å². The van der Waals surface area contributed by atoms with Crippen molar-refractivity contribution in [1.29, 1.82) is 0 Å². The first-order valence-corrected chi connectivity index (χ1v) is 18.8. The van der Waals surface area contributed by atoms with Gasteiger partial charge in [0.05, 0.1) is 11.0 Å². The van der Waals surface area contributed by atoms with Gasteiger partial charge in [0.15, 0.2) is 17.5 Å². The van der Waals surface area contributed by atoms with E-state index in [2.05, 4.69) is 144 Å². The van der Waals surface area contributed by atoms with Crippen molar-refractivity contribution in [2.24, 2.45) is 0 Å². The van der Waals surface area contributed by atoms with Crippen molar-refractivity contribution in [2.75, 3.05) is 0 Å². The number of aromatic nitrogens is 4. The highest BCUT2D eigenvalue weighted by Gasteiger charge is 2.19. The number of hydrogen-bond donors (Lipinski definition) is 0. The maximum absolute atomic E-state index is 6.55. The van der Waals surface area contributed by atoms with Gasteiger partial charge in [-0.25, -0.2) is 15.0 Å². The SMILES string of the molecule is c1ccc(-c2cc(-c3ccccc3)cc(-c3nc(-c4ccccc4)nc(-c4ccc5oc6cc7c8ccccc8n(-c8ccccc8)c7cc6c5c4)n3)c2)cc1. The summed E-state index contributed by atoms with van der Waals surface area (Å²) in [7, 11) is 0. The minimum atomic E-state index is 0.593. The molecule has 5 nitrogen and oxygen atoms in total. The molecule has 0 fully saturated rings. The van der Waals surface area contributed by atoms with Gasteiger partial charge < -0.3 is 8.98 Å². The fourth-order valence-electron chi connectivity index (χ4n) is 7.93. The van der Waals surface area contributed by atoms with Crippen LogP contribution in [0.5, 0.6) is 0 Å². The van der Waals surface area contributed by atoms with E-state index >= 15 is 0 Å². The Labute approximate surface area is 322 Å². The molecular formula is C51H32N4O. The summed E-state index contributed by atoms with van der Waals surface area (Å²) in [6, 6.07) is 67.4. The normalized spacial score (nSPS) is 11.6. The van der Waals surface area contributed by atoms with E-state index in [-0.39, 0.29) is 0 Å². The van der Waals surface area contributed by atoms with Crippen LogP contribution in [0, 0.1) is 0 Å². The van der Waals surface area contributed by atoms with Crippen LogP contribution in [-0.4, -0.2) is 19.5 Å². The highest BCUT2D eigenvalue weighted by molar-refractivity contribution is 6.17. The molecule has 262 valence electrons. The maximum Gasteiger partial charge on any atom is 0.164 e. The average molecular weight is 717 g/mol. The zero-order valence-electron chi connectivity index (χ0n) is 30.2. The second-order valence-electron chi connectivity index (χ2n) is 14.1. The van der Waals surface area contributed by atoms with Crippen LogP contribution >= 0.6 is 0 Å². The maximum atomic E-state index is 6.55. The molecule has 0 unspecified atom stereocenters. The molecule has 0 radical (unpaired) electrons. The van der Waals surface area contributed by atoms with Gasteiger partial charge in [-0.3, -0.25) is 0 Å². The summed E-state index contributed by atoms with van der Waals surface area (Å²) >= 11 is 0. The van der Waals surface area contributed by atoms with Crippen LogP contribution < -0.4 is 0 Å². The standard InChI is InChI=1S/C51H32N4O/c1-5-15-33(16-6-1)37-27-38(34-17-7-2-8-18-34)29-39(28-37)51-53-49(35-19-9-3-10-20-35)52-50(54-51)36-25-26-47-43(30-36)44-31-46-42(32-48(44)56-47)41-23-13-14-24-45(41)55(46)40-21-11-4-12-22-40/h1-32H. The van der Waals surface area contributed by atoms with Gasteiger partial charge in [0.25, 0.3) is 0 Å². The Kier molecular flexibility index (Phi) is 7.42. The van der Waals surface area contributed by atoms with Crippen molar-refractivity contribution in [3.05, 3.63) is 194 Å². The molecule has 0 N–H and O–H groups in total. The van der Waals surface area contributed by atoms with E-state index in [1.165, 1.54) is 5.39 Å². The molecule has 0 aliphatic rings. The van der Waals surface area contributed by atoms with Gasteiger partial charge >= 0.3 is 0 Å². The van der Waals surface area contributed by atoms with E-state index in [0.29, 0.717) is 17.5 Å². The fourth-order valence-corrected chi connectivity index (χ4v) is 7.93. The summed E-state index contributed by atoms with van der Waals surface area (Å²) in [5.41, 5.74) is 12.2. The zero-order chi connectivity index (χ0) is 37.0. The Morgan fingerprint density at radius 2 is 0.821 bits per heavy atom. The Hall–Kier alpha value is -7.63. The van der Waals surface area contributed by atoms with Crippen LogP contribution in [0.25, 0.3) is 106 Å². The lowest BCUT2D eigenvalue weighted by Crippen LogP contribution is -2.00. The van der Waals surface area contributed by atoms with Gasteiger partial charge in [-0.15, -0.1) is 0 Å². The summed E-state index contributed by atoms with van der Waals surface area (Å²) < 4.78 is 8.89. The Morgan fingerprint density at radius 3 is 1.48 bits per heavy atom. The second-order valence-corrected chi connectivity index (χ2v) is 14.1. The largest absolute Gasteiger partial charge is 0.456 e. The Morgan fingerprint density at radius 1 is 0.304 bits per heavy atom. The molecule has 0 aliphatic carbocycles. The minimum Gasteiger partial charge on any atom is -0.456 e. The Balaban J connectivity index is 1.12. The van der Waals surface area contributed by atoms with Crippen molar-refractivity contribution in [3.8, 4) is 62.1 Å². The van der Waals surface area contributed by atoms with Crippen LogP contribution in [0.3, 0.4) is 0 Å². The summed E-state index contributed by atoms with van der Waals surface area (Å²) in [6.45, 7) is 0. The molecule has 0 amide bonds. The van der Waals surface area contributed by atoms with Crippen molar-refractivity contribution in [2.45, 2.75) is 0 Å². The van der Waals surface area contributed by atoms with E-state index in [9.17, 15) is 0 Å². The minimum absolute atomic E-state index is 0.593. The predicted octanol–water partition coefficient (Wildman–Crippen LogP) is 13.2. The molecule has 5 heteroatoms. The zero-order valence-corrected chi connectivity index (χ0v) is 30.2. The molecule has 0 atom stereocenters. The highest BCUT2D eigenvalue weighted by Crippen LogP contribution is 2.40. The molecule has 3 heterocycles. The molecule has 0 saturated carbocycles. The molecule has 0 saturated heterocycles. The van der Waals surface area contributed by atoms with Gasteiger partial charge in [-0.1, -0.05) is 127 Å². The first-order chi connectivity index (χ1) is 27.7. The highest BCUT2D eigenvalue weighted by atomic mass is 16.3. The lowest BCUT2D eigenvalue weighted by atomic mass is 9.96. The second kappa shape index (κ2) is 13.0. The van der Waals surface area contributed by atoms with E-state index in [4.69, 9.17) is 19.4 Å². The van der Waals surface area contributed by atoms with E-state index in [0.717, 1.165) is 83.0 Å². The summed E-state index contributed by atoms with van der Waals surface area (Å²) in [4.78, 5) is 15.4. The third kappa shape index (κ3) is 5.45. The molecule has 11 rings (SSSR count). The third-order valence-electron chi connectivity index (χ3n) is 10.6. The molecule has 0 bridgehead atoms. The number of nitrogens with zero attached hydrogens (tertiary/aromatic N) is 4. The van der Waals surface area contributed by atoms with Gasteiger partial charge in [-0.05, 0) is 89.0 Å². The summed E-state index contributed by atoms with van der Waals surface area (Å²) in [6.07, 6.45) is 0. The van der Waals surface area contributed by atoms with Gasteiger partial charge in [-0.2, -0.15) is 0 Å². The molecule has 3 aromatic heterocycles. The molecule has 56 heavy (non-hydrogen) atoms. The summed E-state index contributed by atoms with van der Waals surface area (Å²) in [5, 5.41) is 4.38. The lowest BCUT2D eigenvalue weighted by molar-refractivity contribution is 0.669.